The highest BCUT2D eigenvalue weighted by Gasteiger charge is 2.35. The second-order valence-corrected chi connectivity index (χ2v) is 4.34. The number of nitrogen functional groups attached to an aromatic ring is 1. The number of nitrogens with zero attached hydrogens (tertiary/aromatic N) is 1. The molecule has 0 atom stereocenters. The minimum atomic E-state index is -1.19. The van der Waals surface area contributed by atoms with Gasteiger partial charge in [-0.05, 0) is 25.9 Å². The van der Waals surface area contributed by atoms with Crippen LogP contribution in [0, 0.1) is 0 Å². The monoisotopic (exact) mass is 201 g/mol. The first-order valence-corrected chi connectivity index (χ1v) is 5.14. The van der Waals surface area contributed by atoms with Crippen molar-refractivity contribution in [3.05, 3.63) is 11.1 Å². The number of halogens is 1. The normalized spacial score (nSPS) is 21.6. The van der Waals surface area contributed by atoms with Gasteiger partial charge in [-0.15, -0.1) is 0 Å². The highest BCUT2D eigenvalue weighted by Crippen LogP contribution is 2.38. The molecule has 2 heterocycles. The summed E-state index contributed by atoms with van der Waals surface area (Å²) in [6, 6.07) is 0. The number of hydrogen-bond donors (Lipinski definition) is 2. The molecule has 2 rings (SSSR count). The number of hydrogen-bond acceptors (Lipinski definition) is 4. The van der Waals surface area contributed by atoms with E-state index in [-0.39, 0.29) is 0 Å². The Kier molecular flexibility index (Phi) is 2.21. The number of piperidine rings is 1. The largest absolute Gasteiger partial charge is 0.375 e. The van der Waals surface area contributed by atoms with Crippen LogP contribution in [0.3, 0.4) is 0 Å². The Morgan fingerprint density at radius 3 is 2.77 bits per heavy atom. The summed E-state index contributed by atoms with van der Waals surface area (Å²) in [6.45, 7) is 1.46. The molecule has 1 aromatic rings. The van der Waals surface area contributed by atoms with Gasteiger partial charge >= 0.3 is 0 Å². The van der Waals surface area contributed by atoms with Crippen LogP contribution in [0.25, 0.3) is 0 Å². The van der Waals surface area contributed by atoms with Crippen molar-refractivity contribution in [2.45, 2.75) is 18.5 Å². The predicted molar refractivity (Wildman–Crippen MR) is 51.4 cm³/mol. The van der Waals surface area contributed by atoms with Crippen LogP contribution >= 0.6 is 11.3 Å². The van der Waals surface area contributed by atoms with Crippen molar-refractivity contribution in [3.63, 3.8) is 0 Å². The average molecular weight is 201 g/mol. The Morgan fingerprint density at radius 2 is 2.23 bits per heavy atom. The standard InChI is InChI=1S/C8H12FN3S/c9-8(1-3-11-4-2-8)6-5-12-7(10)13-6/h5,11H,1-4H2,(H2,10,12). The third kappa shape index (κ3) is 1.66. The van der Waals surface area contributed by atoms with E-state index in [9.17, 15) is 4.39 Å². The zero-order chi connectivity index (χ0) is 9.31. The average Bonchev–Trinajstić information content (AvgIpc) is 2.54. The molecule has 1 aromatic heterocycles. The summed E-state index contributed by atoms with van der Waals surface area (Å²) in [5.41, 5.74) is 4.28. The molecule has 1 aliphatic heterocycles. The zero-order valence-electron chi connectivity index (χ0n) is 7.22. The number of anilines is 1. The molecule has 3 nitrogen and oxygen atoms in total. The molecule has 3 N–H and O–H groups in total. The molecule has 0 unspecified atom stereocenters. The first kappa shape index (κ1) is 8.90. The minimum absolute atomic E-state index is 0.450. The number of aromatic nitrogens is 1. The Morgan fingerprint density at radius 1 is 1.54 bits per heavy atom. The van der Waals surface area contributed by atoms with Crippen LogP contribution in [-0.4, -0.2) is 18.1 Å². The van der Waals surface area contributed by atoms with Crippen molar-refractivity contribution in [2.24, 2.45) is 0 Å². The topological polar surface area (TPSA) is 50.9 Å². The lowest BCUT2D eigenvalue weighted by Crippen LogP contribution is -2.36. The summed E-state index contributed by atoms with van der Waals surface area (Å²) in [4.78, 5) is 4.55. The van der Waals surface area contributed by atoms with E-state index in [1.807, 2.05) is 0 Å². The predicted octanol–water partition coefficient (Wildman–Crippen LogP) is 1.27. The van der Waals surface area contributed by atoms with Crippen LogP contribution in [0.1, 0.15) is 17.7 Å². The zero-order valence-corrected chi connectivity index (χ0v) is 8.03. The lowest BCUT2D eigenvalue weighted by molar-refractivity contribution is 0.119. The Labute approximate surface area is 80.2 Å². The van der Waals surface area contributed by atoms with E-state index in [4.69, 9.17) is 5.73 Å². The number of thiazole rings is 1. The maximum absolute atomic E-state index is 14.2. The van der Waals surface area contributed by atoms with Crippen LogP contribution < -0.4 is 11.1 Å². The van der Waals surface area contributed by atoms with Gasteiger partial charge in [-0.2, -0.15) is 0 Å². The highest BCUT2D eigenvalue weighted by atomic mass is 32.1. The molecule has 1 saturated heterocycles. The van der Waals surface area contributed by atoms with Crippen molar-refractivity contribution in [1.82, 2.24) is 10.3 Å². The van der Waals surface area contributed by atoms with Crippen molar-refractivity contribution < 1.29 is 4.39 Å². The van der Waals surface area contributed by atoms with Crippen LogP contribution in [0.5, 0.6) is 0 Å². The van der Waals surface area contributed by atoms with Gasteiger partial charge in [0.1, 0.15) is 5.67 Å². The quantitative estimate of drug-likeness (QED) is 0.719. The van der Waals surface area contributed by atoms with Crippen molar-refractivity contribution in [2.75, 3.05) is 18.8 Å². The van der Waals surface area contributed by atoms with E-state index < -0.39 is 5.67 Å². The Bertz CT molecular complexity index is 293. The summed E-state index contributed by atoms with van der Waals surface area (Å²) < 4.78 is 14.2. The Balaban J connectivity index is 2.22. The lowest BCUT2D eigenvalue weighted by Gasteiger charge is -2.28. The molecular weight excluding hydrogens is 189 g/mol. The smallest absolute Gasteiger partial charge is 0.180 e. The number of rotatable bonds is 1. The minimum Gasteiger partial charge on any atom is -0.375 e. The van der Waals surface area contributed by atoms with Crippen molar-refractivity contribution in [1.29, 1.82) is 0 Å². The van der Waals surface area contributed by atoms with E-state index in [1.54, 1.807) is 6.20 Å². The SMILES string of the molecule is Nc1ncc(C2(F)CCNCC2)s1. The van der Waals surface area contributed by atoms with E-state index >= 15 is 0 Å². The van der Waals surface area contributed by atoms with Crippen molar-refractivity contribution in [3.8, 4) is 0 Å². The van der Waals surface area contributed by atoms with E-state index in [0.29, 0.717) is 22.9 Å². The molecule has 72 valence electrons. The van der Waals surface area contributed by atoms with Gasteiger partial charge in [-0.1, -0.05) is 11.3 Å². The summed E-state index contributed by atoms with van der Waals surface area (Å²) in [6.07, 6.45) is 2.61. The molecule has 1 fully saturated rings. The summed E-state index contributed by atoms with van der Waals surface area (Å²) >= 11 is 1.26. The van der Waals surface area contributed by atoms with Gasteiger partial charge in [0.25, 0.3) is 0 Å². The maximum Gasteiger partial charge on any atom is 0.180 e. The van der Waals surface area contributed by atoms with Gasteiger partial charge in [-0.3, -0.25) is 0 Å². The third-order valence-corrected chi connectivity index (χ3v) is 3.37. The molecule has 0 aliphatic carbocycles. The fraction of sp³-hybridized carbons (Fsp3) is 0.625. The molecule has 5 heteroatoms. The molecule has 0 bridgehead atoms. The van der Waals surface area contributed by atoms with Crippen molar-refractivity contribution >= 4 is 16.5 Å². The fourth-order valence-electron chi connectivity index (χ4n) is 1.56. The van der Waals surface area contributed by atoms with Gasteiger partial charge in [0.2, 0.25) is 0 Å². The summed E-state index contributed by atoms with van der Waals surface area (Å²) in [7, 11) is 0. The van der Waals surface area contributed by atoms with E-state index in [1.165, 1.54) is 11.3 Å². The highest BCUT2D eigenvalue weighted by molar-refractivity contribution is 7.15. The van der Waals surface area contributed by atoms with Crippen LogP contribution in [-0.2, 0) is 5.67 Å². The number of nitrogens with two attached hydrogens (primary N) is 1. The number of nitrogens with one attached hydrogen (secondary N) is 1. The summed E-state index contributed by atoms with van der Waals surface area (Å²) in [5, 5.41) is 3.58. The maximum atomic E-state index is 14.2. The first-order valence-electron chi connectivity index (χ1n) is 4.32. The van der Waals surface area contributed by atoms with Gasteiger partial charge < -0.3 is 11.1 Å². The molecule has 0 radical (unpaired) electrons. The van der Waals surface area contributed by atoms with E-state index in [2.05, 4.69) is 10.3 Å². The molecule has 0 spiro atoms. The fourth-order valence-corrected chi connectivity index (χ4v) is 2.39. The number of alkyl halides is 1. The summed E-state index contributed by atoms with van der Waals surface area (Å²) in [5.74, 6) is 0. The third-order valence-electron chi connectivity index (χ3n) is 2.36. The second-order valence-electron chi connectivity index (χ2n) is 3.28. The van der Waals surface area contributed by atoms with Crippen LogP contribution in [0.15, 0.2) is 6.20 Å². The molecular formula is C8H12FN3S. The molecule has 13 heavy (non-hydrogen) atoms. The van der Waals surface area contributed by atoms with E-state index in [0.717, 1.165) is 13.1 Å². The molecule has 0 aromatic carbocycles. The second kappa shape index (κ2) is 3.23. The van der Waals surface area contributed by atoms with Gasteiger partial charge in [0.15, 0.2) is 5.13 Å². The first-order chi connectivity index (χ1) is 6.21. The van der Waals surface area contributed by atoms with Crippen LogP contribution in [0.4, 0.5) is 9.52 Å². The molecule has 0 amide bonds. The Hall–Kier alpha value is -0.680. The van der Waals surface area contributed by atoms with Gasteiger partial charge in [0, 0.05) is 6.20 Å². The molecule has 0 saturated carbocycles. The van der Waals surface area contributed by atoms with Gasteiger partial charge in [-0.25, -0.2) is 9.37 Å². The lowest BCUT2D eigenvalue weighted by atomic mass is 9.93. The molecule has 1 aliphatic rings. The van der Waals surface area contributed by atoms with Gasteiger partial charge in [0.05, 0.1) is 4.88 Å². The van der Waals surface area contributed by atoms with Crippen LogP contribution in [0.2, 0.25) is 0 Å².